The van der Waals surface area contributed by atoms with Gasteiger partial charge in [0, 0.05) is 12.5 Å². The van der Waals surface area contributed by atoms with E-state index in [0.717, 1.165) is 6.54 Å². The molecule has 0 bridgehead atoms. The van der Waals surface area contributed by atoms with Gasteiger partial charge in [-0.1, -0.05) is 51.9 Å². The van der Waals surface area contributed by atoms with Crippen molar-refractivity contribution in [3.8, 4) is 0 Å². The lowest BCUT2D eigenvalue weighted by Gasteiger charge is -2.00. The predicted octanol–water partition coefficient (Wildman–Crippen LogP) is 3.83. The van der Waals surface area contributed by atoms with Crippen LogP contribution in [0.2, 0.25) is 0 Å². The Kier molecular flexibility index (Phi) is 7.83. The second kappa shape index (κ2) is 9.44. The van der Waals surface area contributed by atoms with Crippen molar-refractivity contribution >= 4 is 0 Å². The van der Waals surface area contributed by atoms with Crippen molar-refractivity contribution in [2.24, 2.45) is 0 Å². The van der Waals surface area contributed by atoms with E-state index in [1.807, 2.05) is 12.3 Å². The van der Waals surface area contributed by atoms with E-state index < -0.39 is 0 Å². The SMILES string of the molecule is CCCCCCCCCCC[n+]1ccc[nH]1. The smallest absolute Gasteiger partial charge is 0.173 e. The fourth-order valence-corrected chi connectivity index (χ4v) is 2.06. The molecule has 1 rings (SSSR count). The first-order valence-electron chi connectivity index (χ1n) is 6.96. The number of hydrogen-bond donors (Lipinski definition) is 1. The minimum absolute atomic E-state index is 1.14. The third-order valence-electron chi connectivity index (χ3n) is 3.11. The largest absolute Gasteiger partial charge is 0.195 e. The van der Waals surface area contributed by atoms with E-state index in [4.69, 9.17) is 0 Å². The number of rotatable bonds is 10. The Morgan fingerprint density at radius 3 is 2.06 bits per heavy atom. The number of aryl methyl sites for hydroxylation is 1. The summed E-state index contributed by atoms with van der Waals surface area (Å²) in [6.45, 7) is 3.42. The molecule has 0 aliphatic rings. The van der Waals surface area contributed by atoms with Crippen LogP contribution < -0.4 is 4.68 Å². The molecule has 0 aliphatic carbocycles. The minimum Gasteiger partial charge on any atom is -0.173 e. The molecular formula is C14H27N2+. The molecule has 0 aliphatic heterocycles. The number of nitrogens with one attached hydrogen (secondary N) is 1. The summed E-state index contributed by atoms with van der Waals surface area (Å²) in [5.74, 6) is 0. The number of aromatic nitrogens is 2. The molecule has 2 nitrogen and oxygen atoms in total. The van der Waals surface area contributed by atoms with Gasteiger partial charge in [-0.2, -0.15) is 5.10 Å². The molecular weight excluding hydrogens is 196 g/mol. The molecule has 0 fully saturated rings. The summed E-state index contributed by atoms with van der Waals surface area (Å²) in [6, 6.07) is 2.05. The highest BCUT2D eigenvalue weighted by atomic mass is 15.3. The molecule has 1 N–H and O–H groups in total. The van der Waals surface area contributed by atoms with E-state index in [-0.39, 0.29) is 0 Å². The highest BCUT2D eigenvalue weighted by Crippen LogP contribution is 2.09. The van der Waals surface area contributed by atoms with Gasteiger partial charge in [0.25, 0.3) is 0 Å². The van der Waals surface area contributed by atoms with Crippen molar-refractivity contribution < 1.29 is 4.68 Å². The summed E-state index contributed by atoms with van der Waals surface area (Å²) in [7, 11) is 0. The van der Waals surface area contributed by atoms with Crippen LogP contribution in [0.5, 0.6) is 0 Å². The van der Waals surface area contributed by atoms with Crippen LogP contribution in [0.3, 0.4) is 0 Å². The highest BCUT2D eigenvalue weighted by molar-refractivity contribution is 4.67. The molecule has 1 aromatic rings. The van der Waals surface area contributed by atoms with Gasteiger partial charge in [-0.15, -0.1) is 4.68 Å². The van der Waals surface area contributed by atoms with Crippen LogP contribution in [0.1, 0.15) is 64.7 Å². The maximum Gasteiger partial charge on any atom is 0.195 e. The Labute approximate surface area is 100 Å². The standard InChI is InChI=1S/C14H26N2/c1-2-3-4-5-6-7-8-9-10-13-16-14-11-12-15-16/h11-12,14H,2-10,13H2,1H3/p+1. The molecule has 1 heterocycles. The lowest BCUT2D eigenvalue weighted by Crippen LogP contribution is -2.34. The Morgan fingerprint density at radius 1 is 0.875 bits per heavy atom. The first-order valence-corrected chi connectivity index (χ1v) is 6.96. The molecule has 0 aromatic carbocycles. The van der Waals surface area contributed by atoms with Gasteiger partial charge in [-0.25, -0.2) is 0 Å². The first-order chi connectivity index (χ1) is 7.93. The lowest BCUT2D eigenvalue weighted by atomic mass is 10.1. The lowest BCUT2D eigenvalue weighted by molar-refractivity contribution is -0.750. The van der Waals surface area contributed by atoms with Gasteiger partial charge in [0.1, 0.15) is 0 Å². The maximum absolute atomic E-state index is 3.18. The number of aromatic amines is 1. The van der Waals surface area contributed by atoms with E-state index >= 15 is 0 Å². The minimum atomic E-state index is 1.14. The van der Waals surface area contributed by atoms with E-state index in [0.29, 0.717) is 0 Å². The number of H-pyrrole nitrogens is 1. The van der Waals surface area contributed by atoms with Crippen LogP contribution in [-0.2, 0) is 6.54 Å². The summed E-state index contributed by atoms with van der Waals surface area (Å²) in [5.41, 5.74) is 0. The van der Waals surface area contributed by atoms with E-state index in [1.165, 1.54) is 57.8 Å². The summed E-state index contributed by atoms with van der Waals surface area (Å²) >= 11 is 0. The van der Waals surface area contributed by atoms with Crippen molar-refractivity contribution in [1.29, 1.82) is 0 Å². The van der Waals surface area contributed by atoms with Gasteiger partial charge >= 0.3 is 0 Å². The molecule has 92 valence electrons. The average molecular weight is 223 g/mol. The van der Waals surface area contributed by atoms with Crippen molar-refractivity contribution in [2.45, 2.75) is 71.3 Å². The summed E-state index contributed by atoms with van der Waals surface area (Å²) < 4.78 is 2.15. The van der Waals surface area contributed by atoms with Crippen molar-refractivity contribution in [3.63, 3.8) is 0 Å². The topological polar surface area (TPSA) is 19.7 Å². The fraction of sp³-hybridized carbons (Fsp3) is 0.786. The van der Waals surface area contributed by atoms with Gasteiger partial charge in [0.15, 0.2) is 12.7 Å². The van der Waals surface area contributed by atoms with Gasteiger partial charge in [0.05, 0.1) is 6.20 Å². The van der Waals surface area contributed by atoms with E-state index in [9.17, 15) is 0 Å². The number of unbranched alkanes of at least 4 members (excludes halogenated alkanes) is 8. The van der Waals surface area contributed by atoms with Gasteiger partial charge in [-0.05, 0) is 6.42 Å². The Balaban J connectivity index is 1.78. The summed E-state index contributed by atoms with van der Waals surface area (Å²) in [5, 5.41) is 3.18. The molecule has 2 heteroatoms. The van der Waals surface area contributed by atoms with Crippen LogP contribution in [0, 0.1) is 0 Å². The Bertz CT molecular complexity index is 229. The fourth-order valence-electron chi connectivity index (χ4n) is 2.06. The van der Waals surface area contributed by atoms with Gasteiger partial charge in [-0.3, -0.25) is 0 Å². The molecule has 0 amide bonds. The van der Waals surface area contributed by atoms with Crippen LogP contribution >= 0.6 is 0 Å². The number of hydrogen-bond acceptors (Lipinski definition) is 0. The summed E-state index contributed by atoms with van der Waals surface area (Å²) in [6.07, 6.45) is 16.7. The van der Waals surface area contributed by atoms with Crippen LogP contribution in [0.4, 0.5) is 0 Å². The highest BCUT2D eigenvalue weighted by Gasteiger charge is 1.98. The monoisotopic (exact) mass is 223 g/mol. The maximum atomic E-state index is 3.18. The molecule has 0 unspecified atom stereocenters. The zero-order valence-corrected chi connectivity index (χ0v) is 10.8. The van der Waals surface area contributed by atoms with Crippen molar-refractivity contribution in [3.05, 3.63) is 18.5 Å². The van der Waals surface area contributed by atoms with Crippen LogP contribution in [-0.4, -0.2) is 5.10 Å². The summed E-state index contributed by atoms with van der Waals surface area (Å²) in [4.78, 5) is 0. The van der Waals surface area contributed by atoms with Gasteiger partial charge < -0.3 is 0 Å². The number of nitrogens with zero attached hydrogens (tertiary/aromatic N) is 1. The Morgan fingerprint density at radius 2 is 1.50 bits per heavy atom. The zero-order chi connectivity index (χ0) is 11.5. The molecule has 0 spiro atoms. The second-order valence-electron chi connectivity index (χ2n) is 4.66. The zero-order valence-electron chi connectivity index (χ0n) is 10.8. The predicted molar refractivity (Wildman–Crippen MR) is 68.2 cm³/mol. The van der Waals surface area contributed by atoms with E-state index in [1.54, 1.807) is 0 Å². The molecule has 16 heavy (non-hydrogen) atoms. The van der Waals surface area contributed by atoms with Crippen LogP contribution in [0.25, 0.3) is 0 Å². The molecule has 0 saturated carbocycles. The first kappa shape index (κ1) is 13.3. The molecule has 0 radical (unpaired) electrons. The third kappa shape index (κ3) is 6.65. The normalized spacial score (nSPS) is 10.8. The average Bonchev–Trinajstić information content (AvgIpc) is 2.80. The molecule has 1 aromatic heterocycles. The van der Waals surface area contributed by atoms with Crippen LogP contribution in [0.15, 0.2) is 18.5 Å². The third-order valence-corrected chi connectivity index (χ3v) is 3.11. The van der Waals surface area contributed by atoms with Crippen molar-refractivity contribution in [2.75, 3.05) is 0 Å². The molecule has 0 atom stereocenters. The second-order valence-corrected chi connectivity index (χ2v) is 4.66. The Hall–Kier alpha value is -0.790. The van der Waals surface area contributed by atoms with Crippen molar-refractivity contribution in [1.82, 2.24) is 5.10 Å². The van der Waals surface area contributed by atoms with E-state index in [2.05, 4.69) is 22.9 Å². The quantitative estimate of drug-likeness (QED) is 0.459. The van der Waals surface area contributed by atoms with Gasteiger partial charge in [0.2, 0.25) is 0 Å². The molecule has 0 saturated heterocycles.